The van der Waals surface area contributed by atoms with Crippen LogP contribution in [0.15, 0.2) is 12.3 Å². The van der Waals surface area contributed by atoms with Crippen LogP contribution in [0.25, 0.3) is 0 Å². The molecule has 0 unspecified atom stereocenters. The van der Waals surface area contributed by atoms with Gasteiger partial charge in [-0.15, -0.1) is 0 Å². The normalized spacial score (nSPS) is 21.4. The van der Waals surface area contributed by atoms with Gasteiger partial charge in [-0.3, -0.25) is 4.98 Å². The van der Waals surface area contributed by atoms with E-state index in [4.69, 9.17) is 4.74 Å². The molecule has 0 amide bonds. The van der Waals surface area contributed by atoms with E-state index in [-0.39, 0.29) is 5.97 Å². The van der Waals surface area contributed by atoms with Gasteiger partial charge in [0, 0.05) is 12.2 Å². The Morgan fingerprint density at radius 1 is 1.29 bits per heavy atom. The lowest BCUT2D eigenvalue weighted by molar-refractivity contribution is 0.0526. The van der Waals surface area contributed by atoms with Crippen LogP contribution in [0.4, 0.5) is 5.69 Å². The van der Waals surface area contributed by atoms with E-state index in [1.54, 1.807) is 6.20 Å². The molecule has 1 aliphatic rings. The highest BCUT2D eigenvalue weighted by molar-refractivity contribution is 5.96. The van der Waals surface area contributed by atoms with Crippen LogP contribution in [0.1, 0.15) is 75.9 Å². The molecule has 1 aromatic heterocycles. The van der Waals surface area contributed by atoms with Gasteiger partial charge in [-0.25, -0.2) is 4.79 Å². The number of rotatable bonds is 6. The molecule has 134 valence electrons. The molecule has 0 bridgehead atoms. The first kappa shape index (κ1) is 18.8. The van der Waals surface area contributed by atoms with Crippen molar-refractivity contribution in [1.82, 2.24) is 4.98 Å². The van der Waals surface area contributed by atoms with Gasteiger partial charge in [0.05, 0.1) is 18.0 Å². The third-order valence-electron chi connectivity index (χ3n) is 5.72. The van der Waals surface area contributed by atoms with Crippen molar-refractivity contribution in [2.75, 3.05) is 11.9 Å². The number of carbonyl (C=O) groups is 1. The maximum atomic E-state index is 12.2. The fraction of sp³-hybridized carbons (Fsp3) is 0.700. The molecule has 1 aliphatic carbocycles. The number of nitrogens with one attached hydrogen (secondary N) is 1. The minimum absolute atomic E-state index is 0.286. The van der Waals surface area contributed by atoms with Crippen molar-refractivity contribution < 1.29 is 9.53 Å². The van der Waals surface area contributed by atoms with E-state index in [9.17, 15) is 4.79 Å². The number of hydrogen-bond acceptors (Lipinski definition) is 4. The number of aromatic nitrogens is 1. The summed E-state index contributed by atoms with van der Waals surface area (Å²) >= 11 is 0. The Morgan fingerprint density at radius 2 is 1.96 bits per heavy atom. The van der Waals surface area contributed by atoms with E-state index in [1.807, 2.05) is 19.9 Å². The van der Waals surface area contributed by atoms with Crippen LogP contribution >= 0.6 is 0 Å². The summed E-state index contributed by atoms with van der Waals surface area (Å²) in [5.74, 6) is 0.510. The quantitative estimate of drug-likeness (QED) is 0.747. The van der Waals surface area contributed by atoms with Gasteiger partial charge in [0.2, 0.25) is 0 Å². The number of ether oxygens (including phenoxy) is 1. The fourth-order valence-electron chi connectivity index (χ4n) is 3.68. The summed E-state index contributed by atoms with van der Waals surface area (Å²) in [6.45, 7) is 11.1. The lowest BCUT2D eigenvalue weighted by Gasteiger charge is -2.39. The van der Waals surface area contributed by atoms with Gasteiger partial charge in [-0.2, -0.15) is 0 Å². The number of aryl methyl sites for hydroxylation is 1. The summed E-state index contributed by atoms with van der Waals surface area (Å²) in [6.07, 6.45) is 7.78. The molecule has 0 saturated heterocycles. The molecule has 1 saturated carbocycles. The first-order chi connectivity index (χ1) is 11.4. The van der Waals surface area contributed by atoms with Crippen molar-refractivity contribution in [3.63, 3.8) is 0 Å². The summed E-state index contributed by atoms with van der Waals surface area (Å²) in [4.78, 5) is 16.5. The number of anilines is 1. The van der Waals surface area contributed by atoms with E-state index in [0.29, 0.717) is 23.6 Å². The largest absolute Gasteiger partial charge is 0.462 e. The maximum absolute atomic E-state index is 12.2. The molecule has 2 rings (SSSR count). The standard InChI is InChI=1S/C20H32N2O2/c1-6-20(4,5)15-8-10-16(11-9-15)22-17-12-13-21-14(3)18(17)19(23)24-7-2/h12-13,15-16H,6-11H2,1-5H3,(H,21,22). The summed E-state index contributed by atoms with van der Waals surface area (Å²) in [6, 6.07) is 2.31. The molecular formula is C20H32N2O2. The van der Waals surface area contributed by atoms with E-state index in [0.717, 1.165) is 30.1 Å². The second-order valence-electron chi connectivity index (χ2n) is 7.57. The number of esters is 1. The molecule has 0 spiro atoms. The summed E-state index contributed by atoms with van der Waals surface area (Å²) in [7, 11) is 0. The van der Waals surface area contributed by atoms with Crippen molar-refractivity contribution >= 4 is 11.7 Å². The van der Waals surface area contributed by atoms with Crippen LogP contribution in [0.5, 0.6) is 0 Å². The average molecular weight is 332 g/mol. The zero-order valence-corrected chi connectivity index (χ0v) is 15.8. The molecule has 24 heavy (non-hydrogen) atoms. The predicted octanol–water partition coefficient (Wildman–Crippen LogP) is 4.97. The smallest absolute Gasteiger partial charge is 0.342 e. The number of pyridine rings is 1. The van der Waals surface area contributed by atoms with Gasteiger partial charge >= 0.3 is 5.97 Å². The van der Waals surface area contributed by atoms with Gasteiger partial charge < -0.3 is 10.1 Å². The lowest BCUT2D eigenvalue weighted by atomic mass is 9.69. The molecule has 0 aliphatic heterocycles. The molecule has 1 N–H and O–H groups in total. The Balaban J connectivity index is 2.05. The Morgan fingerprint density at radius 3 is 2.54 bits per heavy atom. The highest BCUT2D eigenvalue weighted by Crippen LogP contribution is 2.41. The Bertz CT molecular complexity index is 561. The molecule has 0 radical (unpaired) electrons. The number of nitrogens with zero attached hydrogens (tertiary/aromatic N) is 1. The Hall–Kier alpha value is -1.58. The molecule has 1 aromatic rings. The van der Waals surface area contributed by atoms with Gasteiger partial charge in [0.15, 0.2) is 0 Å². The maximum Gasteiger partial charge on any atom is 0.342 e. The van der Waals surface area contributed by atoms with Gasteiger partial charge in [-0.1, -0.05) is 27.2 Å². The highest BCUT2D eigenvalue weighted by Gasteiger charge is 2.32. The third kappa shape index (κ3) is 4.28. The summed E-state index contributed by atoms with van der Waals surface area (Å²) < 4.78 is 5.20. The van der Waals surface area contributed by atoms with Crippen LogP contribution in [-0.2, 0) is 4.74 Å². The Kier molecular flexibility index (Phi) is 6.25. The molecular weight excluding hydrogens is 300 g/mol. The second kappa shape index (κ2) is 8.00. The topological polar surface area (TPSA) is 51.2 Å². The minimum atomic E-state index is -0.286. The van der Waals surface area contributed by atoms with Crippen LogP contribution in [0.2, 0.25) is 0 Å². The van der Waals surface area contributed by atoms with Gasteiger partial charge in [-0.05, 0) is 56.9 Å². The lowest BCUT2D eigenvalue weighted by Crippen LogP contribution is -2.33. The summed E-state index contributed by atoms with van der Waals surface area (Å²) in [5.41, 5.74) is 2.59. The van der Waals surface area contributed by atoms with Crippen LogP contribution in [-0.4, -0.2) is 23.6 Å². The van der Waals surface area contributed by atoms with E-state index in [2.05, 4.69) is 31.1 Å². The van der Waals surface area contributed by atoms with Gasteiger partial charge in [0.25, 0.3) is 0 Å². The average Bonchev–Trinajstić information content (AvgIpc) is 2.55. The monoisotopic (exact) mass is 332 g/mol. The SMILES string of the molecule is CCOC(=O)c1c(NC2CCC(C(C)(C)CC)CC2)ccnc1C. The zero-order chi connectivity index (χ0) is 17.7. The highest BCUT2D eigenvalue weighted by atomic mass is 16.5. The van der Waals surface area contributed by atoms with Crippen molar-refractivity contribution in [1.29, 1.82) is 0 Å². The molecule has 4 heteroatoms. The third-order valence-corrected chi connectivity index (χ3v) is 5.72. The van der Waals surface area contributed by atoms with E-state index in [1.165, 1.54) is 19.3 Å². The first-order valence-corrected chi connectivity index (χ1v) is 9.28. The minimum Gasteiger partial charge on any atom is -0.462 e. The number of hydrogen-bond donors (Lipinski definition) is 1. The molecule has 1 heterocycles. The first-order valence-electron chi connectivity index (χ1n) is 9.28. The second-order valence-corrected chi connectivity index (χ2v) is 7.57. The van der Waals surface area contributed by atoms with Crippen LogP contribution in [0, 0.1) is 18.3 Å². The fourth-order valence-corrected chi connectivity index (χ4v) is 3.68. The molecule has 0 aromatic carbocycles. The van der Waals surface area contributed by atoms with Gasteiger partial charge in [0.1, 0.15) is 5.56 Å². The zero-order valence-electron chi connectivity index (χ0n) is 15.8. The van der Waals surface area contributed by atoms with Crippen LogP contribution in [0.3, 0.4) is 0 Å². The predicted molar refractivity (Wildman–Crippen MR) is 98.4 cm³/mol. The van der Waals surface area contributed by atoms with Crippen molar-refractivity contribution in [3.05, 3.63) is 23.5 Å². The van der Waals surface area contributed by atoms with E-state index < -0.39 is 0 Å². The van der Waals surface area contributed by atoms with Crippen molar-refractivity contribution in [2.45, 2.75) is 72.8 Å². The van der Waals surface area contributed by atoms with E-state index >= 15 is 0 Å². The Labute approximate surface area is 146 Å². The molecule has 1 fully saturated rings. The summed E-state index contributed by atoms with van der Waals surface area (Å²) in [5, 5.41) is 3.58. The molecule has 4 nitrogen and oxygen atoms in total. The molecule has 0 atom stereocenters. The van der Waals surface area contributed by atoms with Crippen molar-refractivity contribution in [3.8, 4) is 0 Å². The van der Waals surface area contributed by atoms with Crippen molar-refractivity contribution in [2.24, 2.45) is 11.3 Å². The number of carbonyl (C=O) groups excluding carboxylic acids is 1. The van der Waals surface area contributed by atoms with Crippen LogP contribution < -0.4 is 5.32 Å².